The molecular formula is C22H27NO4. The van der Waals surface area contributed by atoms with Gasteiger partial charge in [-0.2, -0.15) is 0 Å². The van der Waals surface area contributed by atoms with Crippen molar-refractivity contribution in [3.63, 3.8) is 0 Å². The fraction of sp³-hybridized carbons (Fsp3) is 0.364. The second-order valence-electron chi connectivity index (χ2n) is 7.38. The maximum atomic E-state index is 12.3. The van der Waals surface area contributed by atoms with E-state index in [0.717, 1.165) is 17.7 Å². The van der Waals surface area contributed by atoms with Gasteiger partial charge in [0.25, 0.3) is 0 Å². The molecule has 0 saturated carbocycles. The van der Waals surface area contributed by atoms with Crippen LogP contribution in [0.4, 0.5) is 5.69 Å². The Kier molecular flexibility index (Phi) is 6.61. The molecule has 0 spiro atoms. The van der Waals surface area contributed by atoms with Crippen LogP contribution in [0.3, 0.4) is 0 Å². The van der Waals surface area contributed by atoms with E-state index in [2.05, 4.69) is 5.32 Å². The summed E-state index contributed by atoms with van der Waals surface area (Å²) in [4.78, 5) is 23.6. The number of hydrogen-bond acceptors (Lipinski definition) is 3. The molecule has 2 N–H and O–H groups in total. The van der Waals surface area contributed by atoms with Gasteiger partial charge in [0.15, 0.2) is 0 Å². The molecule has 2 aromatic rings. The van der Waals surface area contributed by atoms with Crippen LogP contribution in [0.15, 0.2) is 48.5 Å². The van der Waals surface area contributed by atoms with E-state index in [1.165, 1.54) is 0 Å². The molecule has 0 aliphatic rings. The molecule has 0 aliphatic carbocycles. The van der Waals surface area contributed by atoms with Crippen LogP contribution < -0.4 is 10.1 Å². The summed E-state index contributed by atoms with van der Waals surface area (Å²) < 4.78 is 5.36. The minimum absolute atomic E-state index is 0.0670. The number of carboxylic acids is 1. The molecule has 0 aromatic heterocycles. The van der Waals surface area contributed by atoms with Crippen LogP contribution >= 0.6 is 0 Å². The molecular weight excluding hydrogens is 342 g/mol. The Morgan fingerprint density at radius 2 is 1.74 bits per heavy atom. The molecule has 1 unspecified atom stereocenters. The molecule has 144 valence electrons. The number of carbonyl (C=O) groups is 2. The lowest BCUT2D eigenvalue weighted by atomic mass is 9.85. The van der Waals surface area contributed by atoms with Crippen LogP contribution in [0.5, 0.6) is 5.75 Å². The first-order valence-corrected chi connectivity index (χ1v) is 8.99. The van der Waals surface area contributed by atoms with E-state index in [4.69, 9.17) is 4.74 Å². The van der Waals surface area contributed by atoms with E-state index in [0.29, 0.717) is 17.7 Å². The van der Waals surface area contributed by atoms with E-state index in [1.807, 2.05) is 31.2 Å². The summed E-state index contributed by atoms with van der Waals surface area (Å²) in [6, 6.07) is 14.8. The van der Waals surface area contributed by atoms with Crippen molar-refractivity contribution in [1.82, 2.24) is 0 Å². The smallest absolute Gasteiger partial charge is 0.313 e. The van der Waals surface area contributed by atoms with Gasteiger partial charge in [-0.25, -0.2) is 0 Å². The predicted molar refractivity (Wildman–Crippen MR) is 106 cm³/mol. The fourth-order valence-electron chi connectivity index (χ4n) is 2.94. The van der Waals surface area contributed by atoms with Crippen molar-refractivity contribution >= 4 is 17.6 Å². The van der Waals surface area contributed by atoms with Crippen molar-refractivity contribution in [2.45, 2.75) is 39.0 Å². The monoisotopic (exact) mass is 369 g/mol. The van der Waals surface area contributed by atoms with Crippen LogP contribution in [0.25, 0.3) is 0 Å². The molecule has 1 atom stereocenters. The summed E-state index contributed by atoms with van der Waals surface area (Å²) in [7, 11) is 1.64. The first kappa shape index (κ1) is 20.5. The molecule has 0 heterocycles. The van der Waals surface area contributed by atoms with Gasteiger partial charge in [0.05, 0.1) is 12.5 Å². The van der Waals surface area contributed by atoms with Gasteiger partial charge >= 0.3 is 5.97 Å². The number of anilines is 1. The summed E-state index contributed by atoms with van der Waals surface area (Å²) in [6.07, 6.45) is 1.14. The summed E-state index contributed by atoms with van der Waals surface area (Å²) in [6.45, 7) is 5.34. The van der Waals surface area contributed by atoms with Crippen molar-refractivity contribution in [3.05, 3.63) is 59.7 Å². The Morgan fingerprint density at radius 3 is 2.33 bits per heavy atom. The first-order valence-electron chi connectivity index (χ1n) is 8.99. The third-order valence-electron chi connectivity index (χ3n) is 4.72. The van der Waals surface area contributed by atoms with Crippen LogP contribution in [0.1, 0.15) is 38.3 Å². The molecule has 27 heavy (non-hydrogen) atoms. The van der Waals surface area contributed by atoms with Gasteiger partial charge in [0.1, 0.15) is 5.75 Å². The lowest BCUT2D eigenvalue weighted by molar-refractivity contribution is -0.142. The molecule has 2 aromatic carbocycles. The number of hydrogen-bond donors (Lipinski definition) is 2. The lowest BCUT2D eigenvalue weighted by Crippen LogP contribution is -2.28. The van der Waals surface area contributed by atoms with Gasteiger partial charge in [0.2, 0.25) is 5.91 Å². The minimum atomic E-state index is -0.966. The van der Waals surface area contributed by atoms with Crippen molar-refractivity contribution in [1.29, 1.82) is 0 Å². The summed E-state index contributed by atoms with van der Waals surface area (Å²) in [5.41, 5.74) is 1.47. The van der Waals surface area contributed by atoms with E-state index in [-0.39, 0.29) is 11.8 Å². The van der Waals surface area contributed by atoms with Crippen LogP contribution in [0.2, 0.25) is 0 Å². The number of para-hydroxylation sites is 1. The third-order valence-corrected chi connectivity index (χ3v) is 4.72. The predicted octanol–water partition coefficient (Wildman–Crippen LogP) is 4.26. The average molecular weight is 369 g/mol. The molecule has 0 saturated heterocycles. The molecule has 0 fully saturated rings. The van der Waals surface area contributed by atoms with Crippen molar-refractivity contribution in [2.24, 2.45) is 5.92 Å². The molecule has 0 bridgehead atoms. The zero-order chi connectivity index (χ0) is 20.0. The highest BCUT2D eigenvalue weighted by Crippen LogP contribution is 2.25. The topological polar surface area (TPSA) is 75.6 Å². The van der Waals surface area contributed by atoms with Gasteiger partial charge in [-0.15, -0.1) is 0 Å². The van der Waals surface area contributed by atoms with E-state index in [9.17, 15) is 14.7 Å². The zero-order valence-electron chi connectivity index (χ0n) is 16.3. The first-order chi connectivity index (χ1) is 12.7. The van der Waals surface area contributed by atoms with Crippen molar-refractivity contribution in [2.75, 3.05) is 12.4 Å². The Balaban J connectivity index is 1.94. The Hall–Kier alpha value is -2.82. The summed E-state index contributed by atoms with van der Waals surface area (Å²) in [5, 5.41) is 12.2. The number of ether oxygens (including phenoxy) is 1. The second-order valence-corrected chi connectivity index (χ2v) is 7.38. The SMILES string of the molecule is COc1ccccc1CC(C)CC(=O)Nc1ccc(C(C)(C)C(=O)O)cc1. The van der Waals surface area contributed by atoms with Crippen molar-refractivity contribution in [3.8, 4) is 5.75 Å². The second kappa shape index (κ2) is 8.71. The number of carbonyl (C=O) groups excluding carboxylic acids is 1. The average Bonchev–Trinajstić information content (AvgIpc) is 2.62. The summed E-state index contributed by atoms with van der Waals surface area (Å²) >= 11 is 0. The molecule has 1 amide bonds. The van der Waals surface area contributed by atoms with E-state index >= 15 is 0 Å². The van der Waals surface area contributed by atoms with Gasteiger partial charge in [-0.1, -0.05) is 37.3 Å². The number of nitrogens with one attached hydrogen (secondary N) is 1. The quantitative estimate of drug-likeness (QED) is 0.729. The Labute approximate surface area is 160 Å². The normalized spacial score (nSPS) is 12.3. The fourth-order valence-corrected chi connectivity index (χ4v) is 2.94. The minimum Gasteiger partial charge on any atom is -0.496 e. The van der Waals surface area contributed by atoms with Crippen LogP contribution in [-0.2, 0) is 21.4 Å². The van der Waals surface area contributed by atoms with E-state index in [1.54, 1.807) is 45.2 Å². The van der Waals surface area contributed by atoms with E-state index < -0.39 is 11.4 Å². The maximum Gasteiger partial charge on any atom is 0.313 e. The molecule has 0 aliphatic heterocycles. The zero-order valence-corrected chi connectivity index (χ0v) is 16.3. The largest absolute Gasteiger partial charge is 0.496 e. The van der Waals surface area contributed by atoms with Crippen LogP contribution in [0, 0.1) is 5.92 Å². The number of carboxylic acid groups (broad SMARTS) is 1. The number of amides is 1. The van der Waals surface area contributed by atoms with Crippen LogP contribution in [-0.4, -0.2) is 24.1 Å². The number of rotatable bonds is 8. The number of methoxy groups -OCH3 is 1. The van der Waals surface area contributed by atoms with Gasteiger partial charge < -0.3 is 15.2 Å². The highest BCUT2D eigenvalue weighted by molar-refractivity contribution is 5.91. The highest BCUT2D eigenvalue weighted by atomic mass is 16.5. The highest BCUT2D eigenvalue weighted by Gasteiger charge is 2.29. The van der Waals surface area contributed by atoms with Gasteiger partial charge in [-0.3, -0.25) is 9.59 Å². The van der Waals surface area contributed by atoms with Gasteiger partial charge in [0, 0.05) is 12.1 Å². The third kappa shape index (κ3) is 5.33. The number of benzene rings is 2. The Morgan fingerprint density at radius 1 is 1.11 bits per heavy atom. The Bertz CT molecular complexity index is 796. The van der Waals surface area contributed by atoms with Gasteiger partial charge in [-0.05, 0) is 55.5 Å². The standard InChI is InChI=1S/C22H27NO4/c1-15(13-16-7-5-6-8-19(16)27-4)14-20(24)23-18-11-9-17(10-12-18)22(2,3)21(25)26/h5-12,15H,13-14H2,1-4H3,(H,23,24)(H,25,26). The summed E-state index contributed by atoms with van der Waals surface area (Å²) in [5.74, 6) is 0.0417. The lowest BCUT2D eigenvalue weighted by Gasteiger charge is -2.20. The maximum absolute atomic E-state index is 12.3. The molecule has 5 heteroatoms. The molecule has 0 radical (unpaired) electrons. The number of aliphatic carboxylic acids is 1. The van der Waals surface area contributed by atoms with Crippen molar-refractivity contribution < 1.29 is 19.4 Å². The molecule has 2 rings (SSSR count). The molecule has 5 nitrogen and oxygen atoms in total.